The molecule has 0 unspecified atom stereocenters. The summed E-state index contributed by atoms with van der Waals surface area (Å²) in [4.78, 5) is 18.9. The van der Waals surface area contributed by atoms with Crippen LogP contribution in [0.2, 0.25) is 0 Å². The Morgan fingerprint density at radius 3 is 2.64 bits per heavy atom. The summed E-state index contributed by atoms with van der Waals surface area (Å²) in [6.07, 6.45) is 4.59. The number of pyridine rings is 1. The fourth-order valence-electron chi connectivity index (χ4n) is 2.78. The molecule has 4 nitrogen and oxygen atoms in total. The molecule has 1 N–H and O–H groups in total. The molecule has 0 saturated carbocycles. The van der Waals surface area contributed by atoms with Gasteiger partial charge in [-0.25, -0.2) is 4.98 Å². The van der Waals surface area contributed by atoms with E-state index in [0.29, 0.717) is 6.42 Å². The van der Waals surface area contributed by atoms with E-state index in [1.54, 1.807) is 6.20 Å². The van der Waals surface area contributed by atoms with E-state index >= 15 is 0 Å². The molecule has 0 bridgehead atoms. The number of aromatic nitrogens is 1. The molecule has 1 amide bonds. The standard InChI is InChI=1S/C18H21N3O/c1-14-6-2-3-7-15(14)12-18(22)20-16-8-9-17(19-13-16)21-10-4-5-11-21/h2-3,6-9,13H,4-5,10-12H2,1H3,(H,20,22). The van der Waals surface area contributed by atoms with Crippen LogP contribution in [0.5, 0.6) is 0 Å². The van der Waals surface area contributed by atoms with E-state index in [4.69, 9.17) is 0 Å². The molecule has 1 aliphatic rings. The van der Waals surface area contributed by atoms with Gasteiger partial charge in [-0.15, -0.1) is 0 Å². The van der Waals surface area contributed by atoms with Crippen LogP contribution in [0.15, 0.2) is 42.6 Å². The maximum atomic E-state index is 12.1. The molecule has 1 fully saturated rings. The van der Waals surface area contributed by atoms with Crippen molar-refractivity contribution in [2.75, 3.05) is 23.3 Å². The third-order valence-corrected chi connectivity index (χ3v) is 4.07. The number of carbonyl (C=O) groups is 1. The Labute approximate surface area is 131 Å². The third-order valence-electron chi connectivity index (χ3n) is 4.07. The lowest BCUT2D eigenvalue weighted by molar-refractivity contribution is -0.115. The number of hydrogen-bond acceptors (Lipinski definition) is 3. The molecule has 2 heterocycles. The summed E-state index contributed by atoms with van der Waals surface area (Å²) in [7, 11) is 0. The van der Waals surface area contributed by atoms with Gasteiger partial charge >= 0.3 is 0 Å². The van der Waals surface area contributed by atoms with Crippen LogP contribution in [0.4, 0.5) is 11.5 Å². The van der Waals surface area contributed by atoms with Crippen molar-refractivity contribution >= 4 is 17.4 Å². The van der Waals surface area contributed by atoms with Crippen LogP contribution in [0, 0.1) is 6.92 Å². The minimum absolute atomic E-state index is 0.00924. The molecule has 4 heteroatoms. The highest BCUT2D eigenvalue weighted by atomic mass is 16.1. The van der Waals surface area contributed by atoms with Crippen LogP contribution in [0.1, 0.15) is 24.0 Å². The molecule has 1 aromatic heterocycles. The van der Waals surface area contributed by atoms with Crippen molar-refractivity contribution in [1.82, 2.24) is 4.98 Å². The number of hydrogen-bond donors (Lipinski definition) is 1. The molecule has 114 valence electrons. The Morgan fingerprint density at radius 1 is 1.18 bits per heavy atom. The summed E-state index contributed by atoms with van der Waals surface area (Å²) in [5.74, 6) is 0.986. The van der Waals surface area contributed by atoms with E-state index in [0.717, 1.165) is 35.7 Å². The molecule has 1 aliphatic heterocycles. The lowest BCUT2D eigenvalue weighted by Gasteiger charge is -2.16. The summed E-state index contributed by atoms with van der Waals surface area (Å²) < 4.78 is 0. The predicted octanol–water partition coefficient (Wildman–Crippen LogP) is 3.17. The van der Waals surface area contributed by atoms with Crippen LogP contribution in [-0.4, -0.2) is 24.0 Å². The number of benzene rings is 1. The maximum absolute atomic E-state index is 12.1. The molecule has 0 aliphatic carbocycles. The second-order valence-corrected chi connectivity index (χ2v) is 5.75. The zero-order valence-corrected chi connectivity index (χ0v) is 12.9. The highest BCUT2D eigenvalue weighted by Crippen LogP contribution is 2.19. The zero-order chi connectivity index (χ0) is 15.4. The van der Waals surface area contributed by atoms with Gasteiger partial charge in [-0.2, -0.15) is 0 Å². The molecule has 0 radical (unpaired) electrons. The Balaban J connectivity index is 1.60. The SMILES string of the molecule is Cc1ccccc1CC(=O)Nc1ccc(N2CCCC2)nc1. The maximum Gasteiger partial charge on any atom is 0.228 e. The molecule has 3 rings (SSSR count). The summed E-state index contributed by atoms with van der Waals surface area (Å²) >= 11 is 0. The van der Waals surface area contributed by atoms with Gasteiger partial charge in [-0.1, -0.05) is 24.3 Å². The molecule has 22 heavy (non-hydrogen) atoms. The molecule has 0 atom stereocenters. The van der Waals surface area contributed by atoms with Crippen molar-refractivity contribution in [2.24, 2.45) is 0 Å². The first-order valence-corrected chi connectivity index (χ1v) is 7.78. The van der Waals surface area contributed by atoms with Gasteiger partial charge in [0.1, 0.15) is 5.82 Å². The average molecular weight is 295 g/mol. The lowest BCUT2D eigenvalue weighted by Crippen LogP contribution is -2.19. The van der Waals surface area contributed by atoms with E-state index in [1.807, 2.05) is 43.3 Å². The van der Waals surface area contributed by atoms with Gasteiger partial charge < -0.3 is 10.2 Å². The number of rotatable bonds is 4. The Hall–Kier alpha value is -2.36. The molecular formula is C18H21N3O. The van der Waals surface area contributed by atoms with Gasteiger partial charge in [0, 0.05) is 13.1 Å². The van der Waals surface area contributed by atoms with Gasteiger partial charge in [-0.05, 0) is 43.0 Å². The fourth-order valence-corrected chi connectivity index (χ4v) is 2.78. The second kappa shape index (κ2) is 6.60. The quantitative estimate of drug-likeness (QED) is 0.942. The minimum atomic E-state index is -0.00924. The fraction of sp³-hybridized carbons (Fsp3) is 0.333. The molecule has 1 saturated heterocycles. The first kappa shape index (κ1) is 14.6. The Morgan fingerprint density at radius 2 is 1.95 bits per heavy atom. The van der Waals surface area contributed by atoms with Gasteiger partial charge in [0.15, 0.2) is 0 Å². The highest BCUT2D eigenvalue weighted by molar-refractivity contribution is 5.92. The van der Waals surface area contributed by atoms with Crippen molar-refractivity contribution in [3.63, 3.8) is 0 Å². The predicted molar refractivity (Wildman–Crippen MR) is 89.2 cm³/mol. The summed E-state index contributed by atoms with van der Waals surface area (Å²) in [5.41, 5.74) is 2.95. The van der Waals surface area contributed by atoms with Crippen molar-refractivity contribution in [1.29, 1.82) is 0 Å². The summed E-state index contributed by atoms with van der Waals surface area (Å²) in [5, 5.41) is 2.92. The van der Waals surface area contributed by atoms with E-state index in [9.17, 15) is 4.79 Å². The smallest absolute Gasteiger partial charge is 0.228 e. The third kappa shape index (κ3) is 3.45. The molecule has 2 aromatic rings. The second-order valence-electron chi connectivity index (χ2n) is 5.75. The van der Waals surface area contributed by atoms with Crippen LogP contribution in [0.3, 0.4) is 0 Å². The van der Waals surface area contributed by atoms with Crippen molar-refractivity contribution < 1.29 is 4.79 Å². The number of amides is 1. The minimum Gasteiger partial charge on any atom is -0.357 e. The number of nitrogens with one attached hydrogen (secondary N) is 1. The molecular weight excluding hydrogens is 274 g/mol. The number of nitrogens with zero attached hydrogens (tertiary/aromatic N) is 2. The normalized spacial score (nSPS) is 14.1. The van der Waals surface area contributed by atoms with E-state index in [-0.39, 0.29) is 5.91 Å². The zero-order valence-electron chi connectivity index (χ0n) is 12.9. The van der Waals surface area contributed by atoms with Crippen LogP contribution in [-0.2, 0) is 11.2 Å². The Bertz CT molecular complexity index is 646. The number of carbonyl (C=O) groups excluding carboxylic acids is 1. The monoisotopic (exact) mass is 295 g/mol. The van der Waals surface area contributed by atoms with Crippen molar-refractivity contribution in [2.45, 2.75) is 26.2 Å². The largest absolute Gasteiger partial charge is 0.357 e. The summed E-state index contributed by atoms with van der Waals surface area (Å²) in [6, 6.07) is 11.9. The van der Waals surface area contributed by atoms with E-state index < -0.39 is 0 Å². The van der Waals surface area contributed by atoms with Crippen LogP contribution < -0.4 is 10.2 Å². The van der Waals surface area contributed by atoms with Gasteiger partial charge in [0.2, 0.25) is 5.91 Å². The number of aryl methyl sites for hydroxylation is 1. The van der Waals surface area contributed by atoms with Crippen molar-refractivity contribution in [3.8, 4) is 0 Å². The first-order chi connectivity index (χ1) is 10.7. The van der Waals surface area contributed by atoms with Gasteiger partial charge in [0.05, 0.1) is 18.3 Å². The van der Waals surface area contributed by atoms with E-state index in [1.165, 1.54) is 12.8 Å². The van der Waals surface area contributed by atoms with Gasteiger partial charge in [-0.3, -0.25) is 4.79 Å². The Kier molecular flexibility index (Phi) is 4.37. The first-order valence-electron chi connectivity index (χ1n) is 7.78. The van der Waals surface area contributed by atoms with Crippen molar-refractivity contribution in [3.05, 3.63) is 53.7 Å². The summed E-state index contributed by atoms with van der Waals surface area (Å²) in [6.45, 7) is 4.17. The topological polar surface area (TPSA) is 45.2 Å². The molecule has 1 aromatic carbocycles. The van der Waals surface area contributed by atoms with E-state index in [2.05, 4.69) is 15.2 Å². The van der Waals surface area contributed by atoms with Crippen LogP contribution >= 0.6 is 0 Å². The average Bonchev–Trinajstić information content (AvgIpc) is 3.05. The van der Waals surface area contributed by atoms with Gasteiger partial charge in [0.25, 0.3) is 0 Å². The number of anilines is 2. The molecule has 0 spiro atoms. The highest BCUT2D eigenvalue weighted by Gasteiger charge is 2.13. The van der Waals surface area contributed by atoms with Crippen LogP contribution in [0.25, 0.3) is 0 Å². The lowest BCUT2D eigenvalue weighted by atomic mass is 10.1.